The highest BCUT2D eigenvalue weighted by atomic mass is 16.4. The van der Waals surface area contributed by atoms with Gasteiger partial charge in [-0.25, -0.2) is 0 Å². The minimum absolute atomic E-state index is 0.249. The van der Waals surface area contributed by atoms with E-state index in [0.717, 1.165) is 19.4 Å². The van der Waals surface area contributed by atoms with Crippen LogP contribution in [0.15, 0.2) is 0 Å². The molecule has 12 heavy (non-hydrogen) atoms. The van der Waals surface area contributed by atoms with E-state index in [0.29, 0.717) is 18.8 Å². The molecule has 0 saturated carbocycles. The van der Waals surface area contributed by atoms with E-state index in [1.807, 2.05) is 0 Å². The van der Waals surface area contributed by atoms with Gasteiger partial charge >= 0.3 is 7.12 Å². The summed E-state index contributed by atoms with van der Waals surface area (Å²) in [5.41, 5.74) is 0. The summed E-state index contributed by atoms with van der Waals surface area (Å²) in [6.45, 7) is 1.52. The number of hydrogen-bond acceptors (Lipinski definition) is 4. The summed E-state index contributed by atoms with van der Waals surface area (Å²) < 4.78 is 0. The fourth-order valence-corrected chi connectivity index (χ4v) is 1.58. The standard InChI is InChI=1S/C7H16BNO3/c10-7-5-9-4-6(7)2-1-3-8(11)12/h6-7,9-12H,1-5H2/t6-,7-/m0/s1. The van der Waals surface area contributed by atoms with E-state index >= 15 is 0 Å². The summed E-state index contributed by atoms with van der Waals surface area (Å²) in [7, 11) is -1.20. The maximum Gasteiger partial charge on any atom is 0.451 e. The smallest absolute Gasteiger partial charge is 0.427 e. The first-order valence-electron chi connectivity index (χ1n) is 4.45. The summed E-state index contributed by atoms with van der Waals surface area (Å²) >= 11 is 0. The molecule has 0 aromatic rings. The molecule has 2 atom stereocenters. The molecule has 0 amide bonds. The highest BCUT2D eigenvalue weighted by molar-refractivity contribution is 6.40. The van der Waals surface area contributed by atoms with E-state index in [2.05, 4.69) is 5.32 Å². The first-order chi connectivity index (χ1) is 5.70. The molecule has 0 unspecified atom stereocenters. The summed E-state index contributed by atoms with van der Waals surface area (Å²) in [6.07, 6.45) is 1.79. The molecule has 1 fully saturated rings. The molecule has 0 aliphatic carbocycles. The molecule has 5 heteroatoms. The van der Waals surface area contributed by atoms with Crippen molar-refractivity contribution >= 4 is 7.12 Å². The van der Waals surface area contributed by atoms with Crippen molar-refractivity contribution in [2.45, 2.75) is 25.3 Å². The molecule has 0 aromatic carbocycles. The van der Waals surface area contributed by atoms with Gasteiger partial charge in [-0.3, -0.25) is 0 Å². The topological polar surface area (TPSA) is 72.7 Å². The van der Waals surface area contributed by atoms with Crippen LogP contribution in [0.2, 0.25) is 6.32 Å². The Hall–Kier alpha value is -0.0951. The minimum Gasteiger partial charge on any atom is -0.427 e. The molecule has 1 aliphatic rings. The zero-order valence-corrected chi connectivity index (χ0v) is 7.11. The Morgan fingerprint density at radius 3 is 2.58 bits per heavy atom. The predicted octanol–water partition coefficient (Wildman–Crippen LogP) is -1.18. The molecule has 70 valence electrons. The molecule has 0 aromatic heterocycles. The number of aliphatic hydroxyl groups is 1. The van der Waals surface area contributed by atoms with Gasteiger partial charge in [0.1, 0.15) is 0 Å². The maximum atomic E-state index is 9.37. The zero-order chi connectivity index (χ0) is 8.97. The van der Waals surface area contributed by atoms with Crippen molar-refractivity contribution in [3.8, 4) is 0 Å². The second kappa shape index (κ2) is 4.82. The molecule has 1 aliphatic heterocycles. The summed E-state index contributed by atoms with van der Waals surface area (Å²) in [5.74, 6) is 0.295. The van der Waals surface area contributed by atoms with Gasteiger partial charge in [0, 0.05) is 13.1 Å². The highest BCUT2D eigenvalue weighted by Crippen LogP contribution is 2.16. The Bertz CT molecular complexity index is 134. The van der Waals surface area contributed by atoms with Gasteiger partial charge in [0.2, 0.25) is 0 Å². The first-order valence-corrected chi connectivity index (χ1v) is 4.45. The number of β-amino-alcohol motifs (C(OH)–C–C–N with tert-alkyl or cyclic N) is 1. The third-order valence-electron chi connectivity index (χ3n) is 2.34. The number of hydrogen-bond donors (Lipinski definition) is 4. The number of nitrogens with one attached hydrogen (secondary N) is 1. The van der Waals surface area contributed by atoms with Crippen LogP contribution in [0.1, 0.15) is 12.8 Å². The van der Waals surface area contributed by atoms with Crippen molar-refractivity contribution in [3.63, 3.8) is 0 Å². The van der Waals surface area contributed by atoms with E-state index in [1.54, 1.807) is 0 Å². The molecule has 4 nitrogen and oxygen atoms in total. The van der Waals surface area contributed by atoms with Gasteiger partial charge in [0.05, 0.1) is 6.10 Å². The molecule has 0 spiro atoms. The Kier molecular flexibility index (Phi) is 4.01. The average molecular weight is 173 g/mol. The van der Waals surface area contributed by atoms with Gasteiger partial charge < -0.3 is 20.5 Å². The molecule has 0 bridgehead atoms. The van der Waals surface area contributed by atoms with Crippen LogP contribution in [-0.4, -0.2) is 41.5 Å². The second-order valence-corrected chi connectivity index (χ2v) is 3.40. The van der Waals surface area contributed by atoms with Crippen molar-refractivity contribution in [2.24, 2.45) is 5.92 Å². The second-order valence-electron chi connectivity index (χ2n) is 3.40. The van der Waals surface area contributed by atoms with Gasteiger partial charge in [-0.15, -0.1) is 0 Å². The molecule has 1 rings (SSSR count). The van der Waals surface area contributed by atoms with Crippen LogP contribution in [0, 0.1) is 5.92 Å². The van der Waals surface area contributed by atoms with E-state index in [-0.39, 0.29) is 6.10 Å². The van der Waals surface area contributed by atoms with Crippen molar-refractivity contribution in [2.75, 3.05) is 13.1 Å². The number of rotatable bonds is 4. The van der Waals surface area contributed by atoms with E-state index in [4.69, 9.17) is 10.0 Å². The molecule has 1 saturated heterocycles. The van der Waals surface area contributed by atoms with Crippen LogP contribution >= 0.6 is 0 Å². The van der Waals surface area contributed by atoms with Crippen LogP contribution in [0.25, 0.3) is 0 Å². The Morgan fingerprint density at radius 2 is 2.08 bits per heavy atom. The van der Waals surface area contributed by atoms with Crippen LogP contribution in [0.3, 0.4) is 0 Å². The quantitative estimate of drug-likeness (QED) is 0.404. The number of aliphatic hydroxyl groups excluding tert-OH is 1. The zero-order valence-electron chi connectivity index (χ0n) is 7.11. The summed E-state index contributed by atoms with van der Waals surface area (Å²) in [4.78, 5) is 0. The lowest BCUT2D eigenvalue weighted by atomic mass is 9.82. The van der Waals surface area contributed by atoms with Crippen molar-refractivity contribution < 1.29 is 15.2 Å². The third kappa shape index (κ3) is 3.10. The summed E-state index contributed by atoms with van der Waals surface area (Å²) in [5, 5.41) is 29.6. The third-order valence-corrected chi connectivity index (χ3v) is 2.34. The monoisotopic (exact) mass is 173 g/mol. The van der Waals surface area contributed by atoms with Crippen molar-refractivity contribution in [1.29, 1.82) is 0 Å². The lowest BCUT2D eigenvalue weighted by Crippen LogP contribution is -2.18. The lowest BCUT2D eigenvalue weighted by Gasteiger charge is -2.11. The Morgan fingerprint density at radius 1 is 1.33 bits per heavy atom. The first kappa shape index (κ1) is 9.99. The van der Waals surface area contributed by atoms with Gasteiger partial charge in [-0.1, -0.05) is 6.42 Å². The largest absolute Gasteiger partial charge is 0.451 e. The SMILES string of the molecule is OB(O)CCC[C@H]1CNC[C@@H]1O. The van der Waals surface area contributed by atoms with Crippen molar-refractivity contribution in [3.05, 3.63) is 0 Å². The van der Waals surface area contributed by atoms with E-state index < -0.39 is 7.12 Å². The normalized spacial score (nSPS) is 29.2. The Labute approximate surface area is 72.7 Å². The van der Waals surface area contributed by atoms with Crippen LogP contribution in [0.5, 0.6) is 0 Å². The van der Waals surface area contributed by atoms with E-state index in [9.17, 15) is 5.11 Å². The van der Waals surface area contributed by atoms with E-state index in [1.165, 1.54) is 0 Å². The fourth-order valence-electron chi connectivity index (χ4n) is 1.58. The molecular formula is C7H16BNO3. The van der Waals surface area contributed by atoms with Gasteiger partial charge in [0.25, 0.3) is 0 Å². The van der Waals surface area contributed by atoms with Crippen LogP contribution in [-0.2, 0) is 0 Å². The van der Waals surface area contributed by atoms with Gasteiger partial charge in [-0.2, -0.15) is 0 Å². The van der Waals surface area contributed by atoms with Crippen LogP contribution in [0.4, 0.5) is 0 Å². The molecule has 1 heterocycles. The predicted molar refractivity (Wildman–Crippen MR) is 46.6 cm³/mol. The fraction of sp³-hybridized carbons (Fsp3) is 1.00. The average Bonchev–Trinajstić information content (AvgIpc) is 2.36. The summed E-state index contributed by atoms with van der Waals surface area (Å²) in [6, 6.07) is 0. The van der Waals surface area contributed by atoms with Crippen molar-refractivity contribution in [1.82, 2.24) is 5.32 Å². The molecular weight excluding hydrogens is 157 g/mol. The molecule has 0 radical (unpaired) electrons. The van der Waals surface area contributed by atoms with Crippen LogP contribution < -0.4 is 5.32 Å². The minimum atomic E-state index is -1.20. The molecule has 4 N–H and O–H groups in total. The van der Waals surface area contributed by atoms with Gasteiger partial charge in [-0.05, 0) is 18.7 Å². The maximum absolute atomic E-state index is 9.37. The highest BCUT2D eigenvalue weighted by Gasteiger charge is 2.24. The Balaban J connectivity index is 2.06. The van der Waals surface area contributed by atoms with Gasteiger partial charge in [0.15, 0.2) is 0 Å². The lowest BCUT2D eigenvalue weighted by molar-refractivity contribution is 0.142.